The number of aliphatic imine (C=N–C) groups is 1. The maximum atomic E-state index is 10.3. The minimum absolute atomic E-state index is 0.183. The van der Waals surface area contributed by atoms with E-state index in [4.69, 9.17) is 16.6 Å². The minimum atomic E-state index is -0.680. The van der Waals surface area contributed by atoms with Crippen molar-refractivity contribution in [3.63, 3.8) is 0 Å². The van der Waals surface area contributed by atoms with E-state index in [9.17, 15) is 4.79 Å². The van der Waals surface area contributed by atoms with Crippen molar-refractivity contribution in [1.82, 2.24) is 0 Å². The van der Waals surface area contributed by atoms with E-state index in [1.807, 2.05) is 0 Å². The second-order valence-corrected chi connectivity index (χ2v) is 4.99. The first kappa shape index (κ1) is 17.7. The smallest absolute Gasteiger partial charge is 0.303 e. The molecule has 0 aliphatic carbocycles. The summed E-state index contributed by atoms with van der Waals surface area (Å²) < 4.78 is 0. The Kier molecular flexibility index (Phi) is 12.3. The van der Waals surface area contributed by atoms with Crippen LogP contribution in [0.2, 0.25) is 0 Å². The number of hydrogen-bond acceptors (Lipinski definition) is 2. The van der Waals surface area contributed by atoms with Crippen LogP contribution in [0.3, 0.4) is 0 Å². The predicted molar refractivity (Wildman–Crippen MR) is 79.1 cm³/mol. The summed E-state index contributed by atoms with van der Waals surface area (Å²) in [6.45, 7) is 0.742. The maximum absolute atomic E-state index is 10.3. The van der Waals surface area contributed by atoms with Gasteiger partial charge in [0.2, 0.25) is 0 Å². The molecular weight excluding hydrogens is 242 g/mol. The Morgan fingerprint density at radius 1 is 0.789 bits per heavy atom. The van der Waals surface area contributed by atoms with Crippen LogP contribution in [0.25, 0.3) is 0 Å². The molecule has 0 aromatic rings. The number of carboxylic acids is 1. The van der Waals surface area contributed by atoms with Gasteiger partial charge in [-0.25, -0.2) is 0 Å². The van der Waals surface area contributed by atoms with Crippen molar-refractivity contribution in [3.05, 3.63) is 0 Å². The lowest BCUT2D eigenvalue weighted by Gasteiger charge is -2.02. The van der Waals surface area contributed by atoms with Crippen LogP contribution in [0, 0.1) is 0 Å². The van der Waals surface area contributed by atoms with Gasteiger partial charge in [-0.15, -0.1) is 0 Å². The third-order valence-corrected chi connectivity index (χ3v) is 3.09. The fourth-order valence-electron chi connectivity index (χ4n) is 2.01. The van der Waals surface area contributed by atoms with E-state index in [2.05, 4.69) is 4.99 Å². The van der Waals surface area contributed by atoms with Gasteiger partial charge in [-0.2, -0.15) is 0 Å². The van der Waals surface area contributed by atoms with Crippen LogP contribution in [0.1, 0.15) is 70.6 Å². The van der Waals surface area contributed by atoms with Gasteiger partial charge in [-0.05, 0) is 12.8 Å². The first-order chi connectivity index (χ1) is 9.13. The van der Waals surface area contributed by atoms with Crippen LogP contribution < -0.4 is 11.5 Å². The molecule has 5 N–H and O–H groups in total. The summed E-state index contributed by atoms with van der Waals surface area (Å²) in [7, 11) is 0. The molecule has 0 aliphatic rings. The Hall–Kier alpha value is -1.26. The van der Waals surface area contributed by atoms with Gasteiger partial charge in [-0.3, -0.25) is 9.79 Å². The molecule has 0 heterocycles. The van der Waals surface area contributed by atoms with Crippen LogP contribution >= 0.6 is 0 Å². The number of hydrogen-bond donors (Lipinski definition) is 3. The van der Waals surface area contributed by atoms with E-state index in [0.717, 1.165) is 32.2 Å². The molecule has 0 atom stereocenters. The van der Waals surface area contributed by atoms with Gasteiger partial charge < -0.3 is 16.6 Å². The Labute approximate surface area is 116 Å². The number of carbonyl (C=O) groups is 1. The average Bonchev–Trinajstić information content (AvgIpc) is 2.34. The first-order valence-corrected chi connectivity index (χ1v) is 7.40. The minimum Gasteiger partial charge on any atom is -0.481 e. The number of rotatable bonds is 13. The Morgan fingerprint density at radius 3 is 1.63 bits per heavy atom. The molecule has 0 aromatic carbocycles. The van der Waals surface area contributed by atoms with Gasteiger partial charge in [-0.1, -0.05) is 51.4 Å². The van der Waals surface area contributed by atoms with Crippen LogP contribution in [0.4, 0.5) is 0 Å². The second kappa shape index (κ2) is 13.2. The number of nitrogens with zero attached hydrogens (tertiary/aromatic N) is 1. The zero-order chi connectivity index (χ0) is 14.3. The summed E-state index contributed by atoms with van der Waals surface area (Å²) in [6.07, 6.45) is 11.9. The highest BCUT2D eigenvalue weighted by molar-refractivity contribution is 5.75. The van der Waals surface area contributed by atoms with Gasteiger partial charge in [0.15, 0.2) is 5.96 Å². The number of guanidine groups is 1. The quantitative estimate of drug-likeness (QED) is 0.272. The third-order valence-electron chi connectivity index (χ3n) is 3.09. The fourth-order valence-corrected chi connectivity index (χ4v) is 2.01. The molecule has 0 saturated heterocycles. The monoisotopic (exact) mass is 271 g/mol. The van der Waals surface area contributed by atoms with Crippen LogP contribution in [0.15, 0.2) is 4.99 Å². The summed E-state index contributed by atoms with van der Waals surface area (Å²) in [5, 5.41) is 8.48. The number of unbranched alkanes of at least 4 members (excludes halogenated alkanes) is 9. The van der Waals surface area contributed by atoms with E-state index in [1.54, 1.807) is 0 Å². The zero-order valence-electron chi connectivity index (χ0n) is 11.9. The fraction of sp³-hybridized carbons (Fsp3) is 0.857. The topological polar surface area (TPSA) is 102 Å². The zero-order valence-corrected chi connectivity index (χ0v) is 11.9. The van der Waals surface area contributed by atoms with Crippen molar-refractivity contribution >= 4 is 11.9 Å². The average molecular weight is 271 g/mol. The summed E-state index contributed by atoms with van der Waals surface area (Å²) in [4.78, 5) is 14.2. The molecule has 5 heteroatoms. The summed E-state index contributed by atoms with van der Waals surface area (Å²) in [6, 6.07) is 0. The molecule has 0 spiro atoms. The number of aliphatic carboxylic acids is 1. The highest BCUT2D eigenvalue weighted by Crippen LogP contribution is 2.11. The van der Waals surface area contributed by atoms with E-state index in [0.29, 0.717) is 6.42 Å². The van der Waals surface area contributed by atoms with Crippen molar-refractivity contribution in [2.75, 3.05) is 6.54 Å². The molecule has 19 heavy (non-hydrogen) atoms. The predicted octanol–water partition coefficient (Wildman–Crippen LogP) is 2.64. The van der Waals surface area contributed by atoms with E-state index >= 15 is 0 Å². The molecule has 0 amide bonds. The standard InChI is InChI=1S/C14H29N3O2/c15-14(16)17-12-10-8-6-4-2-1-3-5-7-9-11-13(18)19/h1-12H2,(H,18,19)(H4,15,16,17). The van der Waals surface area contributed by atoms with Gasteiger partial charge in [0, 0.05) is 13.0 Å². The summed E-state index contributed by atoms with van der Waals surface area (Å²) in [5.74, 6) is -0.497. The molecule has 0 saturated carbocycles. The first-order valence-electron chi connectivity index (χ1n) is 7.40. The van der Waals surface area contributed by atoms with Gasteiger partial charge >= 0.3 is 5.97 Å². The normalized spacial score (nSPS) is 10.3. The van der Waals surface area contributed by atoms with Crippen molar-refractivity contribution in [1.29, 1.82) is 0 Å². The van der Waals surface area contributed by atoms with Crippen molar-refractivity contribution in [2.24, 2.45) is 16.5 Å². The lowest BCUT2D eigenvalue weighted by atomic mass is 10.1. The molecule has 0 aliphatic heterocycles. The Balaban J connectivity index is 3.03. The molecule has 112 valence electrons. The van der Waals surface area contributed by atoms with Crippen molar-refractivity contribution in [2.45, 2.75) is 70.6 Å². The molecule has 0 radical (unpaired) electrons. The van der Waals surface area contributed by atoms with E-state index in [1.165, 1.54) is 38.5 Å². The maximum Gasteiger partial charge on any atom is 0.303 e. The van der Waals surface area contributed by atoms with Gasteiger partial charge in [0.1, 0.15) is 0 Å². The van der Waals surface area contributed by atoms with Crippen LogP contribution in [-0.2, 0) is 4.79 Å². The lowest BCUT2D eigenvalue weighted by Crippen LogP contribution is -2.22. The molecule has 0 aromatic heterocycles. The van der Waals surface area contributed by atoms with Crippen LogP contribution in [0.5, 0.6) is 0 Å². The van der Waals surface area contributed by atoms with Crippen LogP contribution in [-0.4, -0.2) is 23.6 Å². The van der Waals surface area contributed by atoms with Crippen molar-refractivity contribution in [3.8, 4) is 0 Å². The molecule has 0 unspecified atom stereocenters. The van der Waals surface area contributed by atoms with Gasteiger partial charge in [0.05, 0.1) is 0 Å². The highest BCUT2D eigenvalue weighted by atomic mass is 16.4. The lowest BCUT2D eigenvalue weighted by molar-refractivity contribution is -0.137. The second-order valence-electron chi connectivity index (χ2n) is 4.99. The molecule has 0 rings (SSSR count). The number of nitrogens with two attached hydrogens (primary N) is 2. The molecule has 5 nitrogen and oxygen atoms in total. The third kappa shape index (κ3) is 16.7. The number of carboxylic acid groups (broad SMARTS) is 1. The van der Waals surface area contributed by atoms with Gasteiger partial charge in [0.25, 0.3) is 0 Å². The van der Waals surface area contributed by atoms with E-state index in [-0.39, 0.29) is 5.96 Å². The summed E-state index contributed by atoms with van der Waals surface area (Å²) in [5.41, 5.74) is 10.5. The van der Waals surface area contributed by atoms with Crippen molar-refractivity contribution < 1.29 is 9.90 Å². The highest BCUT2D eigenvalue weighted by Gasteiger charge is 1.96. The SMILES string of the molecule is NC(N)=NCCCCCCCCCCCCC(=O)O. The molecule has 0 fully saturated rings. The Bertz CT molecular complexity index is 251. The summed E-state index contributed by atoms with van der Waals surface area (Å²) >= 11 is 0. The molecule has 0 bridgehead atoms. The molecular formula is C14H29N3O2. The van der Waals surface area contributed by atoms with E-state index < -0.39 is 5.97 Å². The largest absolute Gasteiger partial charge is 0.481 e. The Morgan fingerprint density at radius 2 is 1.21 bits per heavy atom.